The van der Waals surface area contributed by atoms with Gasteiger partial charge >= 0.3 is 0 Å². The highest BCUT2D eigenvalue weighted by Crippen LogP contribution is 2.06. The third-order valence-electron chi connectivity index (χ3n) is 2.20. The Balaban J connectivity index is 2.71. The summed E-state index contributed by atoms with van der Waals surface area (Å²) < 4.78 is 0. The van der Waals surface area contributed by atoms with Gasteiger partial charge in [0.15, 0.2) is 5.78 Å². The minimum absolute atomic E-state index is 0.0351. The van der Waals surface area contributed by atoms with Crippen LogP contribution >= 0.6 is 0 Å². The van der Waals surface area contributed by atoms with Crippen molar-refractivity contribution in [3.8, 4) is 0 Å². The van der Waals surface area contributed by atoms with E-state index in [9.17, 15) is 4.79 Å². The molecule has 1 rings (SSSR count). The van der Waals surface area contributed by atoms with E-state index in [0.717, 1.165) is 5.56 Å². The number of rotatable bonds is 6. The number of hydrogen-bond donors (Lipinski definition) is 1. The Morgan fingerprint density at radius 2 is 2.12 bits per heavy atom. The standard InChI is InChI=1S/C14H16N2O/c1-2-13(5-3-4-8-15)14(17)11-12-6-9-16-10-7-12/h2-7,9-10H,1,8,11,15H2/b4-3+,13-5+. The molecule has 17 heavy (non-hydrogen) atoms. The quantitative estimate of drug-likeness (QED) is 0.597. The number of nitrogens with zero attached hydrogens (tertiary/aromatic N) is 1. The van der Waals surface area contributed by atoms with Crippen LogP contribution in [-0.4, -0.2) is 17.3 Å². The van der Waals surface area contributed by atoms with Gasteiger partial charge in [-0.3, -0.25) is 9.78 Å². The fraction of sp³-hybridized carbons (Fsp3) is 0.143. The Morgan fingerprint density at radius 1 is 1.41 bits per heavy atom. The molecular formula is C14H16N2O. The second kappa shape index (κ2) is 7.30. The van der Waals surface area contributed by atoms with Crippen LogP contribution in [0.15, 0.2) is 61.0 Å². The highest BCUT2D eigenvalue weighted by atomic mass is 16.1. The summed E-state index contributed by atoms with van der Waals surface area (Å²) in [6.07, 6.45) is 10.5. The molecule has 0 aliphatic rings. The number of ketones is 1. The van der Waals surface area contributed by atoms with Crippen molar-refractivity contribution in [2.75, 3.05) is 6.54 Å². The van der Waals surface area contributed by atoms with Gasteiger partial charge in [-0.05, 0) is 17.7 Å². The summed E-state index contributed by atoms with van der Waals surface area (Å²) in [5, 5.41) is 0. The molecular weight excluding hydrogens is 212 g/mol. The maximum Gasteiger partial charge on any atom is 0.167 e. The normalized spacial score (nSPS) is 11.7. The Hall–Kier alpha value is -2.00. The third-order valence-corrected chi connectivity index (χ3v) is 2.20. The molecule has 1 heterocycles. The zero-order valence-corrected chi connectivity index (χ0v) is 9.67. The molecule has 0 radical (unpaired) electrons. The predicted octanol–water partition coefficient (Wildman–Crippen LogP) is 1.82. The molecule has 1 aromatic heterocycles. The van der Waals surface area contributed by atoms with E-state index in [0.29, 0.717) is 18.5 Å². The molecule has 3 heteroatoms. The summed E-state index contributed by atoms with van der Waals surface area (Å²) >= 11 is 0. The lowest BCUT2D eigenvalue weighted by Crippen LogP contribution is -2.04. The second-order valence-electron chi connectivity index (χ2n) is 3.45. The van der Waals surface area contributed by atoms with Crippen LogP contribution in [0, 0.1) is 0 Å². The number of aromatic nitrogens is 1. The lowest BCUT2D eigenvalue weighted by Gasteiger charge is -2.00. The molecule has 0 bridgehead atoms. The van der Waals surface area contributed by atoms with Gasteiger partial charge in [0.2, 0.25) is 0 Å². The van der Waals surface area contributed by atoms with E-state index in [1.54, 1.807) is 36.7 Å². The van der Waals surface area contributed by atoms with E-state index in [-0.39, 0.29) is 5.78 Å². The van der Waals surface area contributed by atoms with Gasteiger partial charge in [0.25, 0.3) is 0 Å². The SMILES string of the molecule is C=C/C(=C\C=C\CN)C(=O)Cc1ccncc1. The summed E-state index contributed by atoms with van der Waals surface area (Å²) in [7, 11) is 0. The molecule has 0 saturated heterocycles. The Labute approximate surface area is 101 Å². The smallest absolute Gasteiger partial charge is 0.167 e. The van der Waals surface area contributed by atoms with Crippen LogP contribution in [0.25, 0.3) is 0 Å². The van der Waals surface area contributed by atoms with Crippen molar-refractivity contribution in [1.82, 2.24) is 4.98 Å². The largest absolute Gasteiger partial charge is 0.327 e. The first-order valence-electron chi connectivity index (χ1n) is 5.39. The van der Waals surface area contributed by atoms with E-state index in [1.807, 2.05) is 12.1 Å². The molecule has 0 aliphatic carbocycles. The Morgan fingerprint density at radius 3 is 2.71 bits per heavy atom. The number of Topliss-reactive ketones (excluding diaryl/α,β-unsaturated/α-hetero) is 1. The fourth-order valence-corrected chi connectivity index (χ4v) is 1.31. The van der Waals surface area contributed by atoms with Crippen LogP contribution in [0.5, 0.6) is 0 Å². The third kappa shape index (κ3) is 4.57. The minimum atomic E-state index is 0.0351. The molecule has 0 atom stereocenters. The number of pyridine rings is 1. The van der Waals surface area contributed by atoms with Crippen molar-refractivity contribution >= 4 is 5.78 Å². The van der Waals surface area contributed by atoms with Crippen LogP contribution in [0.1, 0.15) is 5.56 Å². The first-order chi connectivity index (χ1) is 8.27. The predicted molar refractivity (Wildman–Crippen MR) is 69.4 cm³/mol. The van der Waals surface area contributed by atoms with Crippen molar-refractivity contribution in [1.29, 1.82) is 0 Å². The van der Waals surface area contributed by atoms with Crippen molar-refractivity contribution in [2.24, 2.45) is 5.73 Å². The van der Waals surface area contributed by atoms with E-state index in [4.69, 9.17) is 5.73 Å². The molecule has 88 valence electrons. The lowest BCUT2D eigenvalue weighted by molar-refractivity contribution is -0.114. The minimum Gasteiger partial charge on any atom is -0.327 e. The first-order valence-corrected chi connectivity index (χ1v) is 5.39. The maximum absolute atomic E-state index is 11.9. The molecule has 0 unspecified atom stereocenters. The molecule has 2 N–H and O–H groups in total. The van der Waals surface area contributed by atoms with Crippen LogP contribution in [0.4, 0.5) is 0 Å². The van der Waals surface area contributed by atoms with Crippen molar-refractivity contribution in [3.05, 3.63) is 66.5 Å². The molecule has 3 nitrogen and oxygen atoms in total. The van der Waals surface area contributed by atoms with Gasteiger partial charge in [-0.1, -0.05) is 30.9 Å². The number of nitrogens with two attached hydrogens (primary N) is 1. The van der Waals surface area contributed by atoms with E-state index in [2.05, 4.69) is 11.6 Å². The van der Waals surface area contributed by atoms with Crippen LogP contribution in [-0.2, 0) is 11.2 Å². The van der Waals surface area contributed by atoms with Crippen LogP contribution in [0.3, 0.4) is 0 Å². The van der Waals surface area contributed by atoms with Crippen molar-refractivity contribution in [2.45, 2.75) is 6.42 Å². The number of allylic oxidation sites excluding steroid dienone is 4. The molecule has 0 aliphatic heterocycles. The first kappa shape index (κ1) is 13.1. The summed E-state index contributed by atoms with van der Waals surface area (Å²) in [4.78, 5) is 15.8. The van der Waals surface area contributed by atoms with Gasteiger partial charge in [0.1, 0.15) is 0 Å². The van der Waals surface area contributed by atoms with Crippen LogP contribution < -0.4 is 5.73 Å². The molecule has 1 aromatic rings. The van der Waals surface area contributed by atoms with Gasteiger partial charge in [0, 0.05) is 30.9 Å². The van der Waals surface area contributed by atoms with Gasteiger partial charge in [-0.2, -0.15) is 0 Å². The van der Waals surface area contributed by atoms with E-state index < -0.39 is 0 Å². The van der Waals surface area contributed by atoms with Gasteiger partial charge in [-0.15, -0.1) is 0 Å². The van der Waals surface area contributed by atoms with Crippen molar-refractivity contribution < 1.29 is 4.79 Å². The molecule has 0 fully saturated rings. The topological polar surface area (TPSA) is 56.0 Å². The number of hydrogen-bond acceptors (Lipinski definition) is 3. The van der Waals surface area contributed by atoms with Gasteiger partial charge in [0.05, 0.1) is 0 Å². The maximum atomic E-state index is 11.9. The van der Waals surface area contributed by atoms with E-state index in [1.165, 1.54) is 0 Å². The summed E-state index contributed by atoms with van der Waals surface area (Å²) in [6.45, 7) is 4.09. The molecule has 0 amide bonds. The van der Waals surface area contributed by atoms with Gasteiger partial charge in [-0.25, -0.2) is 0 Å². The zero-order chi connectivity index (χ0) is 12.5. The lowest BCUT2D eigenvalue weighted by atomic mass is 10.0. The number of carbonyl (C=O) groups is 1. The Bertz CT molecular complexity index is 433. The summed E-state index contributed by atoms with van der Waals surface area (Å²) in [5.74, 6) is 0.0351. The highest BCUT2D eigenvalue weighted by molar-refractivity contribution is 5.99. The summed E-state index contributed by atoms with van der Waals surface area (Å²) in [6, 6.07) is 3.66. The number of carbonyl (C=O) groups excluding carboxylic acids is 1. The fourth-order valence-electron chi connectivity index (χ4n) is 1.31. The average Bonchev–Trinajstić information content (AvgIpc) is 2.36. The monoisotopic (exact) mass is 228 g/mol. The van der Waals surface area contributed by atoms with Crippen LogP contribution in [0.2, 0.25) is 0 Å². The highest BCUT2D eigenvalue weighted by Gasteiger charge is 2.06. The molecule has 0 aromatic carbocycles. The summed E-state index contributed by atoms with van der Waals surface area (Å²) in [5.41, 5.74) is 6.86. The second-order valence-corrected chi connectivity index (χ2v) is 3.45. The molecule has 0 spiro atoms. The Kier molecular flexibility index (Phi) is 5.61. The average molecular weight is 228 g/mol. The van der Waals surface area contributed by atoms with Crippen molar-refractivity contribution in [3.63, 3.8) is 0 Å². The van der Waals surface area contributed by atoms with E-state index >= 15 is 0 Å². The molecule has 0 saturated carbocycles. The van der Waals surface area contributed by atoms with Gasteiger partial charge < -0.3 is 5.73 Å². The zero-order valence-electron chi connectivity index (χ0n) is 9.67.